The Hall–Kier alpha value is -2.09. The molecule has 0 bridgehead atoms. The van der Waals surface area contributed by atoms with Crippen molar-refractivity contribution in [1.82, 2.24) is 4.98 Å². The molecule has 0 saturated carbocycles. The number of pyridine rings is 1. The van der Waals surface area contributed by atoms with Gasteiger partial charge in [-0.1, -0.05) is 41.4 Å². The Balaban J connectivity index is 2.34. The summed E-state index contributed by atoms with van der Waals surface area (Å²) in [4.78, 5) is 18.0. The SMILES string of the molecule is N#CCCN(C(=O)c1cnc(Cl)c(Cl)c1)c1ccccc1. The summed E-state index contributed by atoms with van der Waals surface area (Å²) in [5.41, 5.74) is 1.04. The van der Waals surface area contributed by atoms with Crippen molar-refractivity contribution in [2.24, 2.45) is 0 Å². The molecule has 6 heteroatoms. The molecule has 0 saturated heterocycles. The minimum Gasteiger partial charge on any atom is -0.307 e. The van der Waals surface area contributed by atoms with Crippen molar-refractivity contribution < 1.29 is 4.79 Å². The number of carbonyl (C=O) groups is 1. The first-order valence-corrected chi connectivity index (χ1v) is 6.94. The standard InChI is InChI=1S/C15H11Cl2N3O/c16-13-9-11(10-19-14(13)17)15(21)20(8-4-7-18)12-5-2-1-3-6-12/h1-3,5-6,9-10H,4,8H2. The largest absolute Gasteiger partial charge is 0.307 e. The van der Waals surface area contributed by atoms with Crippen LogP contribution in [0, 0.1) is 11.3 Å². The predicted octanol–water partition coefficient (Wildman–Crippen LogP) is 3.95. The third-order valence-corrected chi connectivity index (χ3v) is 3.49. The van der Waals surface area contributed by atoms with E-state index in [-0.39, 0.29) is 22.5 Å². The first-order valence-electron chi connectivity index (χ1n) is 6.18. The van der Waals surface area contributed by atoms with Gasteiger partial charge in [-0.2, -0.15) is 5.26 Å². The summed E-state index contributed by atoms with van der Waals surface area (Å²) in [5.74, 6) is -0.275. The summed E-state index contributed by atoms with van der Waals surface area (Å²) in [6.07, 6.45) is 1.61. The van der Waals surface area contributed by atoms with Gasteiger partial charge in [0, 0.05) is 18.4 Å². The average Bonchev–Trinajstić information content (AvgIpc) is 2.51. The van der Waals surface area contributed by atoms with Crippen LogP contribution < -0.4 is 4.90 Å². The van der Waals surface area contributed by atoms with Crippen LogP contribution in [0.2, 0.25) is 10.2 Å². The summed E-state index contributed by atoms with van der Waals surface area (Å²) in [6.45, 7) is 0.291. The number of hydrogen-bond acceptors (Lipinski definition) is 3. The molecule has 0 atom stereocenters. The van der Waals surface area contributed by atoms with Crippen molar-refractivity contribution in [2.75, 3.05) is 11.4 Å². The van der Waals surface area contributed by atoms with E-state index in [1.54, 1.807) is 12.1 Å². The van der Waals surface area contributed by atoms with Crippen LogP contribution in [0.3, 0.4) is 0 Å². The number of nitriles is 1. The molecule has 2 rings (SSSR count). The highest BCUT2D eigenvalue weighted by Gasteiger charge is 2.18. The molecule has 0 aliphatic carbocycles. The summed E-state index contributed by atoms with van der Waals surface area (Å²) < 4.78 is 0. The van der Waals surface area contributed by atoms with Gasteiger partial charge in [0.15, 0.2) is 0 Å². The molecule has 4 nitrogen and oxygen atoms in total. The van der Waals surface area contributed by atoms with E-state index in [0.717, 1.165) is 0 Å². The number of hydrogen-bond donors (Lipinski definition) is 0. The van der Waals surface area contributed by atoms with Gasteiger partial charge < -0.3 is 4.90 Å². The van der Waals surface area contributed by atoms with Gasteiger partial charge in [0.25, 0.3) is 5.91 Å². The molecule has 0 radical (unpaired) electrons. The minimum atomic E-state index is -0.275. The predicted molar refractivity (Wildman–Crippen MR) is 82.6 cm³/mol. The Morgan fingerprint density at radius 1 is 1.29 bits per heavy atom. The van der Waals surface area contributed by atoms with Gasteiger partial charge in [-0.05, 0) is 18.2 Å². The highest BCUT2D eigenvalue weighted by atomic mass is 35.5. The fraction of sp³-hybridized carbons (Fsp3) is 0.133. The molecule has 0 spiro atoms. The molecule has 0 unspecified atom stereocenters. The number of nitrogens with zero attached hydrogens (tertiary/aromatic N) is 3. The summed E-state index contributed by atoms with van der Waals surface area (Å²) >= 11 is 11.6. The van der Waals surface area contributed by atoms with Crippen LogP contribution in [0.1, 0.15) is 16.8 Å². The first kappa shape index (κ1) is 15.3. The number of anilines is 1. The molecular weight excluding hydrogens is 309 g/mol. The molecule has 1 aromatic carbocycles. The first-order chi connectivity index (χ1) is 10.1. The fourth-order valence-corrected chi connectivity index (χ4v) is 2.08. The second-order valence-electron chi connectivity index (χ2n) is 4.20. The number of halogens is 2. The van der Waals surface area contributed by atoms with E-state index in [1.165, 1.54) is 17.2 Å². The third-order valence-electron chi connectivity index (χ3n) is 2.80. The summed E-state index contributed by atoms with van der Waals surface area (Å²) in [6, 6.07) is 12.6. The number of aromatic nitrogens is 1. The average molecular weight is 320 g/mol. The van der Waals surface area contributed by atoms with Crippen LogP contribution in [0.5, 0.6) is 0 Å². The minimum absolute atomic E-state index is 0.150. The third kappa shape index (κ3) is 3.72. The van der Waals surface area contributed by atoms with E-state index < -0.39 is 0 Å². The Kier molecular flexibility index (Phi) is 5.15. The maximum atomic E-state index is 12.6. The van der Waals surface area contributed by atoms with Gasteiger partial charge in [0.2, 0.25) is 0 Å². The van der Waals surface area contributed by atoms with Crippen LogP contribution >= 0.6 is 23.2 Å². The number of benzene rings is 1. The topological polar surface area (TPSA) is 57.0 Å². The quantitative estimate of drug-likeness (QED) is 0.802. The molecule has 106 valence electrons. The maximum Gasteiger partial charge on any atom is 0.259 e. The molecule has 1 amide bonds. The number of para-hydroxylation sites is 1. The highest BCUT2D eigenvalue weighted by molar-refractivity contribution is 6.41. The number of amides is 1. The van der Waals surface area contributed by atoms with Gasteiger partial charge in [0.05, 0.1) is 23.1 Å². The van der Waals surface area contributed by atoms with Crippen LogP contribution in [-0.2, 0) is 0 Å². The van der Waals surface area contributed by atoms with Crippen LogP contribution in [0.4, 0.5) is 5.69 Å². The van der Waals surface area contributed by atoms with Gasteiger partial charge in [-0.15, -0.1) is 0 Å². The number of rotatable bonds is 4. The monoisotopic (exact) mass is 319 g/mol. The Morgan fingerprint density at radius 2 is 2.00 bits per heavy atom. The van der Waals surface area contributed by atoms with E-state index in [4.69, 9.17) is 28.5 Å². The molecule has 0 N–H and O–H groups in total. The molecule has 0 fully saturated rings. The summed E-state index contributed by atoms with van der Waals surface area (Å²) in [7, 11) is 0. The zero-order valence-electron chi connectivity index (χ0n) is 11.0. The Morgan fingerprint density at radius 3 is 2.62 bits per heavy atom. The van der Waals surface area contributed by atoms with E-state index in [2.05, 4.69) is 4.98 Å². The van der Waals surface area contributed by atoms with Crippen LogP contribution in [0.25, 0.3) is 0 Å². The van der Waals surface area contributed by atoms with Gasteiger partial charge >= 0.3 is 0 Å². The van der Waals surface area contributed by atoms with Crippen LogP contribution in [0.15, 0.2) is 42.6 Å². The maximum absolute atomic E-state index is 12.6. The number of carbonyl (C=O) groups excluding carboxylic acids is 1. The lowest BCUT2D eigenvalue weighted by molar-refractivity contribution is 0.0987. The highest BCUT2D eigenvalue weighted by Crippen LogP contribution is 2.22. The second kappa shape index (κ2) is 7.07. The van der Waals surface area contributed by atoms with Crippen molar-refractivity contribution in [3.8, 4) is 6.07 Å². The van der Waals surface area contributed by atoms with E-state index in [0.29, 0.717) is 17.8 Å². The van der Waals surface area contributed by atoms with Gasteiger partial charge in [0.1, 0.15) is 5.15 Å². The van der Waals surface area contributed by atoms with Gasteiger partial charge in [-0.25, -0.2) is 4.98 Å². The lowest BCUT2D eigenvalue weighted by Gasteiger charge is -2.21. The van der Waals surface area contributed by atoms with E-state index >= 15 is 0 Å². The zero-order chi connectivity index (χ0) is 15.2. The fourth-order valence-electron chi connectivity index (χ4n) is 1.81. The zero-order valence-corrected chi connectivity index (χ0v) is 12.5. The summed E-state index contributed by atoms with van der Waals surface area (Å²) in [5, 5.41) is 9.12. The Bertz CT molecular complexity index is 683. The Labute approximate surface area is 132 Å². The van der Waals surface area contributed by atoms with Crippen LogP contribution in [-0.4, -0.2) is 17.4 Å². The normalized spacial score (nSPS) is 9.95. The lowest BCUT2D eigenvalue weighted by atomic mass is 10.2. The molecule has 1 aromatic heterocycles. The van der Waals surface area contributed by atoms with Crippen molar-refractivity contribution in [1.29, 1.82) is 5.26 Å². The lowest BCUT2D eigenvalue weighted by Crippen LogP contribution is -2.31. The molecule has 0 aliphatic rings. The smallest absolute Gasteiger partial charge is 0.259 e. The van der Waals surface area contributed by atoms with E-state index in [1.807, 2.05) is 24.3 Å². The van der Waals surface area contributed by atoms with Crippen molar-refractivity contribution >= 4 is 34.8 Å². The molecule has 21 heavy (non-hydrogen) atoms. The molecular formula is C15H11Cl2N3O. The van der Waals surface area contributed by atoms with Crippen molar-refractivity contribution in [3.63, 3.8) is 0 Å². The second-order valence-corrected chi connectivity index (χ2v) is 4.96. The van der Waals surface area contributed by atoms with Crippen molar-refractivity contribution in [2.45, 2.75) is 6.42 Å². The van der Waals surface area contributed by atoms with Gasteiger partial charge in [-0.3, -0.25) is 4.79 Å². The molecule has 2 aromatic rings. The molecule has 0 aliphatic heterocycles. The van der Waals surface area contributed by atoms with E-state index in [9.17, 15) is 4.79 Å². The molecule has 1 heterocycles. The van der Waals surface area contributed by atoms with Crippen molar-refractivity contribution in [3.05, 3.63) is 58.3 Å².